The van der Waals surface area contributed by atoms with E-state index in [1.54, 1.807) is 23.6 Å². The van der Waals surface area contributed by atoms with Gasteiger partial charge in [-0.15, -0.1) is 11.3 Å². The van der Waals surface area contributed by atoms with Gasteiger partial charge in [-0.3, -0.25) is 10.1 Å². The van der Waals surface area contributed by atoms with Gasteiger partial charge in [-0.05, 0) is 43.0 Å². The standard InChI is InChI=1S/C27H27Cl2FN2O5S/c1-15(2)6-5-9-37-13-16-7-4-8-18(24(16)30)22-14-38-27(31-22)32-25(33)17-10-20(28)19(21(29)11-17)12-23(36-3)26(34)35/h4,7-8,10-12,14-15H,5-6,9,13H2,1-3H3,(H,34,35)(H,31,32,33)/b23-12-. The topological polar surface area (TPSA) is 97.8 Å². The summed E-state index contributed by atoms with van der Waals surface area (Å²) < 4.78 is 25.6. The van der Waals surface area contributed by atoms with E-state index in [1.807, 2.05) is 0 Å². The van der Waals surface area contributed by atoms with Gasteiger partial charge in [0.25, 0.3) is 5.91 Å². The molecule has 0 atom stereocenters. The largest absolute Gasteiger partial charge is 0.490 e. The van der Waals surface area contributed by atoms with Crippen LogP contribution in [0.4, 0.5) is 9.52 Å². The van der Waals surface area contributed by atoms with Crippen molar-refractivity contribution >= 4 is 57.6 Å². The van der Waals surface area contributed by atoms with Crippen LogP contribution >= 0.6 is 34.5 Å². The fourth-order valence-corrected chi connectivity index (χ4v) is 4.78. The molecule has 1 amide bonds. The normalized spacial score (nSPS) is 11.6. The lowest BCUT2D eigenvalue weighted by Gasteiger charge is -2.09. The van der Waals surface area contributed by atoms with Gasteiger partial charge in [0.15, 0.2) is 5.13 Å². The SMILES string of the molecule is CO/C(=C\c1c(Cl)cc(C(=O)Nc2nc(-c3cccc(COCCCC(C)C)c3F)cs2)cc1Cl)C(=O)O. The number of thiazole rings is 1. The number of ether oxygens (including phenoxy) is 2. The third-order valence-electron chi connectivity index (χ3n) is 5.45. The molecule has 3 rings (SSSR count). The van der Waals surface area contributed by atoms with Crippen LogP contribution in [0.3, 0.4) is 0 Å². The predicted molar refractivity (Wildman–Crippen MR) is 148 cm³/mol. The van der Waals surface area contributed by atoms with E-state index in [1.165, 1.54) is 25.3 Å². The van der Waals surface area contributed by atoms with Gasteiger partial charge >= 0.3 is 5.97 Å². The van der Waals surface area contributed by atoms with Crippen LogP contribution in [0, 0.1) is 11.7 Å². The monoisotopic (exact) mass is 580 g/mol. The quantitative estimate of drug-likeness (QED) is 0.130. The molecular formula is C27H27Cl2FN2O5S. The van der Waals surface area contributed by atoms with Crippen molar-refractivity contribution in [2.45, 2.75) is 33.3 Å². The fraction of sp³-hybridized carbons (Fsp3) is 0.296. The first-order valence-electron chi connectivity index (χ1n) is 11.7. The Morgan fingerprint density at radius 2 is 1.95 bits per heavy atom. The van der Waals surface area contributed by atoms with E-state index in [2.05, 4.69) is 24.1 Å². The van der Waals surface area contributed by atoms with Crippen LogP contribution in [0.1, 0.15) is 48.2 Å². The second kappa shape index (κ2) is 13.7. The molecule has 0 radical (unpaired) electrons. The van der Waals surface area contributed by atoms with Crippen LogP contribution in [0.15, 0.2) is 41.5 Å². The minimum absolute atomic E-state index is 0.0589. The van der Waals surface area contributed by atoms with Crippen LogP contribution in [0.5, 0.6) is 0 Å². The zero-order valence-corrected chi connectivity index (χ0v) is 23.3. The molecular weight excluding hydrogens is 554 g/mol. The van der Waals surface area contributed by atoms with Crippen molar-refractivity contribution in [1.82, 2.24) is 4.98 Å². The Kier molecular flexibility index (Phi) is 10.7. The van der Waals surface area contributed by atoms with Gasteiger partial charge < -0.3 is 14.6 Å². The van der Waals surface area contributed by atoms with Crippen LogP contribution in [-0.2, 0) is 20.9 Å². The van der Waals surface area contributed by atoms with E-state index in [-0.39, 0.29) is 38.7 Å². The van der Waals surface area contributed by atoms with Gasteiger partial charge in [-0.1, -0.05) is 49.2 Å². The number of benzene rings is 2. The smallest absolute Gasteiger partial charge is 0.371 e. The number of carboxylic acids is 1. The molecule has 11 heteroatoms. The van der Waals surface area contributed by atoms with Crippen LogP contribution in [0.2, 0.25) is 10.0 Å². The molecule has 2 N–H and O–H groups in total. The van der Waals surface area contributed by atoms with E-state index in [0.717, 1.165) is 24.2 Å². The molecule has 0 saturated carbocycles. The molecule has 1 aromatic heterocycles. The van der Waals surface area contributed by atoms with Crippen LogP contribution in [0.25, 0.3) is 17.3 Å². The lowest BCUT2D eigenvalue weighted by atomic mass is 10.1. The van der Waals surface area contributed by atoms with E-state index in [4.69, 9.17) is 37.8 Å². The average molecular weight is 581 g/mol. The number of hydrogen-bond acceptors (Lipinski definition) is 6. The molecule has 0 aliphatic rings. The number of carbonyl (C=O) groups excluding carboxylic acids is 1. The van der Waals surface area contributed by atoms with Crippen LogP contribution < -0.4 is 5.32 Å². The zero-order valence-electron chi connectivity index (χ0n) is 21.0. The summed E-state index contributed by atoms with van der Waals surface area (Å²) in [6, 6.07) is 7.73. The van der Waals surface area contributed by atoms with Gasteiger partial charge in [-0.2, -0.15) is 0 Å². The minimum atomic E-state index is -1.29. The summed E-state index contributed by atoms with van der Waals surface area (Å²) in [7, 11) is 1.21. The van der Waals surface area contributed by atoms with Gasteiger partial charge in [0.1, 0.15) is 5.82 Å². The summed E-state index contributed by atoms with van der Waals surface area (Å²) in [6.07, 6.45) is 3.14. The fourth-order valence-electron chi connectivity index (χ4n) is 3.48. The van der Waals surface area contributed by atoms with Crippen molar-refractivity contribution < 1.29 is 28.6 Å². The highest BCUT2D eigenvalue weighted by Gasteiger charge is 2.18. The predicted octanol–water partition coefficient (Wildman–Crippen LogP) is 7.53. The van der Waals surface area contributed by atoms with Crippen molar-refractivity contribution in [3.05, 3.63) is 74.0 Å². The zero-order chi connectivity index (χ0) is 27.8. The highest BCUT2D eigenvalue weighted by atomic mass is 35.5. The Hall–Kier alpha value is -2.98. The summed E-state index contributed by atoms with van der Waals surface area (Å²) in [5.74, 6) is -2.03. The van der Waals surface area contributed by atoms with E-state index in [0.29, 0.717) is 29.3 Å². The molecule has 7 nitrogen and oxygen atoms in total. The summed E-state index contributed by atoms with van der Waals surface area (Å²) in [5, 5.41) is 13.8. The maximum absolute atomic E-state index is 15.1. The highest BCUT2D eigenvalue weighted by Crippen LogP contribution is 2.31. The summed E-state index contributed by atoms with van der Waals surface area (Å²) >= 11 is 13.6. The number of methoxy groups -OCH3 is 1. The lowest BCUT2D eigenvalue weighted by molar-refractivity contribution is -0.135. The first-order chi connectivity index (χ1) is 18.1. The first kappa shape index (κ1) is 29.6. The number of halogens is 3. The number of carbonyl (C=O) groups is 2. The second-order valence-corrected chi connectivity index (χ2v) is 10.4. The van der Waals surface area contributed by atoms with Gasteiger partial charge in [0.2, 0.25) is 5.76 Å². The molecule has 0 spiro atoms. The Bertz CT molecular complexity index is 1320. The third-order valence-corrected chi connectivity index (χ3v) is 6.84. The Balaban J connectivity index is 1.72. The number of amides is 1. The number of nitrogens with zero attached hydrogens (tertiary/aromatic N) is 1. The highest BCUT2D eigenvalue weighted by molar-refractivity contribution is 7.14. The van der Waals surface area contributed by atoms with Crippen molar-refractivity contribution in [2.24, 2.45) is 5.92 Å². The van der Waals surface area contributed by atoms with E-state index >= 15 is 4.39 Å². The van der Waals surface area contributed by atoms with E-state index in [9.17, 15) is 9.59 Å². The summed E-state index contributed by atoms with van der Waals surface area (Å²) in [4.78, 5) is 28.4. The number of hydrogen-bond donors (Lipinski definition) is 2. The number of nitrogens with one attached hydrogen (secondary N) is 1. The number of anilines is 1. The summed E-state index contributed by atoms with van der Waals surface area (Å²) in [6.45, 7) is 5.02. The Morgan fingerprint density at radius 3 is 2.58 bits per heavy atom. The van der Waals surface area contributed by atoms with Crippen LogP contribution in [-0.4, -0.2) is 35.7 Å². The number of aromatic nitrogens is 1. The Labute approximate surface area is 234 Å². The minimum Gasteiger partial charge on any atom is -0.490 e. The van der Waals surface area contributed by atoms with E-state index < -0.39 is 17.7 Å². The molecule has 202 valence electrons. The molecule has 0 unspecified atom stereocenters. The number of aliphatic carboxylic acids is 1. The average Bonchev–Trinajstić information content (AvgIpc) is 3.32. The van der Waals surface area contributed by atoms with Crippen molar-refractivity contribution in [3.8, 4) is 11.3 Å². The molecule has 3 aromatic rings. The molecule has 0 fully saturated rings. The summed E-state index contributed by atoms with van der Waals surface area (Å²) in [5.41, 5.74) is 1.44. The lowest BCUT2D eigenvalue weighted by Crippen LogP contribution is -2.12. The third kappa shape index (κ3) is 7.77. The second-order valence-electron chi connectivity index (χ2n) is 8.73. The van der Waals surface area contributed by atoms with Gasteiger partial charge in [0.05, 0.1) is 29.5 Å². The molecule has 1 heterocycles. The molecule has 2 aromatic carbocycles. The molecule has 0 aliphatic heterocycles. The molecule has 0 aliphatic carbocycles. The maximum atomic E-state index is 15.1. The maximum Gasteiger partial charge on any atom is 0.371 e. The van der Waals surface area contributed by atoms with Crippen molar-refractivity contribution in [3.63, 3.8) is 0 Å². The van der Waals surface area contributed by atoms with Crippen molar-refractivity contribution in [2.75, 3.05) is 19.0 Å². The number of carboxylic acid groups (broad SMARTS) is 1. The Morgan fingerprint density at radius 1 is 1.24 bits per heavy atom. The molecule has 38 heavy (non-hydrogen) atoms. The first-order valence-corrected chi connectivity index (χ1v) is 13.3. The van der Waals surface area contributed by atoms with Gasteiger partial charge in [0, 0.05) is 34.2 Å². The number of rotatable bonds is 12. The molecule has 0 bridgehead atoms. The van der Waals surface area contributed by atoms with Gasteiger partial charge in [-0.25, -0.2) is 14.2 Å². The van der Waals surface area contributed by atoms with Crippen molar-refractivity contribution in [1.29, 1.82) is 0 Å². The molecule has 0 saturated heterocycles.